The van der Waals surface area contributed by atoms with Crippen LogP contribution in [0.3, 0.4) is 0 Å². The second-order valence-electron chi connectivity index (χ2n) is 5.94. The van der Waals surface area contributed by atoms with Gasteiger partial charge in [-0.1, -0.05) is 18.2 Å². The highest BCUT2D eigenvalue weighted by atomic mass is 16.5. The number of nitrogens with zero attached hydrogens (tertiary/aromatic N) is 1. The Kier molecular flexibility index (Phi) is 4.86. The number of methoxy groups -OCH3 is 2. The summed E-state index contributed by atoms with van der Waals surface area (Å²) in [5.74, 6) is -0.143. The number of nitrogens with one attached hydrogen (secondary N) is 1. The third-order valence-corrected chi connectivity index (χ3v) is 4.30. The van der Waals surface area contributed by atoms with E-state index in [0.29, 0.717) is 16.8 Å². The minimum Gasteiger partial charge on any atom is -0.502 e. The molecule has 3 rings (SSSR count). The molecule has 0 atom stereocenters. The van der Waals surface area contributed by atoms with Crippen LogP contribution in [-0.2, 0) is 0 Å². The lowest BCUT2D eigenvalue weighted by atomic mass is 9.99. The van der Waals surface area contributed by atoms with Gasteiger partial charge in [0.15, 0.2) is 11.5 Å². The number of ether oxygens (including phenoxy) is 2. The maximum Gasteiger partial charge on any atom is 0.205 e. The lowest BCUT2D eigenvalue weighted by Gasteiger charge is -2.09. The largest absolute Gasteiger partial charge is 0.502 e. The van der Waals surface area contributed by atoms with Crippen LogP contribution in [0.15, 0.2) is 42.0 Å². The van der Waals surface area contributed by atoms with Crippen LogP contribution in [0.25, 0.3) is 17.0 Å². The molecule has 0 bridgehead atoms. The van der Waals surface area contributed by atoms with Crippen LogP contribution in [0.4, 0.5) is 0 Å². The first-order chi connectivity index (χ1) is 13.0. The predicted octanol–water partition coefficient (Wildman–Crippen LogP) is 3.99. The molecular formula is C21H18N2O4. The lowest BCUT2D eigenvalue weighted by molar-refractivity contribution is 0.104. The number of carbonyl (C=O) groups excluding carboxylic acids is 1. The maximum atomic E-state index is 13.0. The van der Waals surface area contributed by atoms with Crippen molar-refractivity contribution in [2.24, 2.45) is 0 Å². The Labute approximate surface area is 156 Å². The van der Waals surface area contributed by atoms with Gasteiger partial charge in [0.05, 0.1) is 19.8 Å². The van der Waals surface area contributed by atoms with Crippen molar-refractivity contribution in [1.82, 2.24) is 4.98 Å². The minimum absolute atomic E-state index is 0.0300. The molecule has 0 aliphatic heterocycles. The molecule has 6 nitrogen and oxygen atoms in total. The standard InChI is InChI=1S/C21H18N2O4/c1-12-19(15-6-4-5-7-16(15)23-12)20(24)14(11-22)8-13-9-17(26-2)21(25)18(10-13)27-3/h4-10,23,25H,1-3H3. The number of H-pyrrole nitrogens is 1. The van der Waals surface area contributed by atoms with Crippen LogP contribution in [0.2, 0.25) is 0 Å². The van der Waals surface area contributed by atoms with E-state index < -0.39 is 0 Å². The highest BCUT2D eigenvalue weighted by molar-refractivity contribution is 6.20. The number of para-hydroxylation sites is 1. The number of hydrogen-bond acceptors (Lipinski definition) is 5. The molecule has 27 heavy (non-hydrogen) atoms. The Morgan fingerprint density at radius 3 is 2.41 bits per heavy atom. The van der Waals surface area contributed by atoms with E-state index in [1.807, 2.05) is 30.3 Å². The van der Waals surface area contributed by atoms with Gasteiger partial charge >= 0.3 is 0 Å². The molecule has 2 N–H and O–H groups in total. The molecule has 6 heteroatoms. The zero-order valence-electron chi connectivity index (χ0n) is 15.2. The number of aromatic hydroxyl groups is 1. The quantitative estimate of drug-likeness (QED) is 0.406. The van der Waals surface area contributed by atoms with Gasteiger partial charge in [0.25, 0.3) is 0 Å². The summed E-state index contributed by atoms with van der Waals surface area (Å²) >= 11 is 0. The van der Waals surface area contributed by atoms with Crippen LogP contribution < -0.4 is 9.47 Å². The van der Waals surface area contributed by atoms with E-state index >= 15 is 0 Å². The Balaban J connectivity index is 2.11. The third-order valence-electron chi connectivity index (χ3n) is 4.30. The summed E-state index contributed by atoms with van der Waals surface area (Å²) < 4.78 is 10.2. The average Bonchev–Trinajstić information content (AvgIpc) is 3.02. The number of hydrogen-bond donors (Lipinski definition) is 2. The molecule has 0 aliphatic carbocycles. The van der Waals surface area contributed by atoms with Crippen molar-refractivity contribution in [3.8, 4) is 23.3 Å². The van der Waals surface area contributed by atoms with E-state index in [0.717, 1.165) is 10.9 Å². The normalized spacial score (nSPS) is 11.3. The van der Waals surface area contributed by atoms with Crippen LogP contribution in [0.1, 0.15) is 21.6 Å². The Morgan fingerprint density at radius 1 is 1.19 bits per heavy atom. The summed E-state index contributed by atoms with van der Waals surface area (Å²) in [6, 6.07) is 12.5. The minimum atomic E-state index is -0.376. The number of rotatable bonds is 5. The van der Waals surface area contributed by atoms with E-state index in [2.05, 4.69) is 4.98 Å². The van der Waals surface area contributed by atoms with Gasteiger partial charge in [-0.25, -0.2) is 0 Å². The second kappa shape index (κ2) is 7.26. The van der Waals surface area contributed by atoms with Gasteiger partial charge in [0, 0.05) is 16.6 Å². The molecule has 0 saturated carbocycles. The summed E-state index contributed by atoms with van der Waals surface area (Å²) in [4.78, 5) is 16.2. The summed E-state index contributed by atoms with van der Waals surface area (Å²) in [6.07, 6.45) is 1.45. The second-order valence-corrected chi connectivity index (χ2v) is 5.94. The van der Waals surface area contributed by atoms with Crippen LogP contribution in [0, 0.1) is 18.3 Å². The molecule has 0 unspecified atom stereocenters. The molecule has 1 heterocycles. The number of allylic oxidation sites excluding steroid dienone is 1. The number of phenolic OH excluding ortho intramolecular Hbond substituents is 1. The fourth-order valence-corrected chi connectivity index (χ4v) is 3.02. The number of phenols is 1. The Morgan fingerprint density at radius 2 is 1.81 bits per heavy atom. The zero-order valence-corrected chi connectivity index (χ0v) is 15.2. The number of Topliss-reactive ketones (excluding diaryl/α,β-unsaturated/α-hetero) is 1. The number of carbonyl (C=O) groups is 1. The van der Waals surface area contributed by atoms with E-state index in [9.17, 15) is 15.2 Å². The summed E-state index contributed by atoms with van der Waals surface area (Å²) in [5.41, 5.74) is 2.48. The van der Waals surface area contributed by atoms with Gasteiger partial charge in [0.2, 0.25) is 11.5 Å². The molecule has 0 amide bonds. The topological polar surface area (TPSA) is 95.3 Å². The van der Waals surface area contributed by atoms with Crippen molar-refractivity contribution >= 4 is 22.8 Å². The number of aryl methyl sites for hydroxylation is 1. The van der Waals surface area contributed by atoms with E-state index in [-0.39, 0.29) is 28.6 Å². The monoisotopic (exact) mass is 362 g/mol. The van der Waals surface area contributed by atoms with Gasteiger partial charge in [-0.3, -0.25) is 4.79 Å². The smallest absolute Gasteiger partial charge is 0.205 e. The molecule has 0 fully saturated rings. The number of aromatic amines is 1. The van der Waals surface area contributed by atoms with Crippen molar-refractivity contribution in [3.63, 3.8) is 0 Å². The molecule has 0 radical (unpaired) electrons. The zero-order chi connectivity index (χ0) is 19.6. The Bertz CT molecular complexity index is 1080. The number of benzene rings is 2. The molecule has 2 aromatic carbocycles. The van der Waals surface area contributed by atoms with Crippen LogP contribution in [0.5, 0.6) is 17.2 Å². The first kappa shape index (κ1) is 18.1. The summed E-state index contributed by atoms with van der Waals surface area (Å²) in [5, 5.41) is 20.3. The predicted molar refractivity (Wildman–Crippen MR) is 102 cm³/mol. The lowest BCUT2D eigenvalue weighted by Crippen LogP contribution is -2.03. The van der Waals surface area contributed by atoms with Crippen LogP contribution in [-0.4, -0.2) is 30.1 Å². The number of fused-ring (bicyclic) bond motifs is 1. The molecule has 0 spiro atoms. The number of aromatic nitrogens is 1. The molecule has 136 valence electrons. The SMILES string of the molecule is COc1cc(C=C(C#N)C(=O)c2c(C)[nH]c3ccccc23)cc(OC)c1O. The van der Waals surface area contributed by atoms with Crippen molar-refractivity contribution in [3.05, 3.63) is 58.8 Å². The average molecular weight is 362 g/mol. The van der Waals surface area contributed by atoms with Crippen LogP contribution >= 0.6 is 0 Å². The third kappa shape index (κ3) is 3.23. The highest BCUT2D eigenvalue weighted by Gasteiger charge is 2.20. The van der Waals surface area contributed by atoms with Gasteiger partial charge in [-0.2, -0.15) is 5.26 Å². The van der Waals surface area contributed by atoms with E-state index in [4.69, 9.17) is 9.47 Å². The first-order valence-corrected chi connectivity index (χ1v) is 8.19. The first-order valence-electron chi connectivity index (χ1n) is 8.19. The molecule has 1 aromatic heterocycles. The van der Waals surface area contributed by atoms with Crippen molar-refractivity contribution in [2.75, 3.05) is 14.2 Å². The summed E-state index contributed by atoms with van der Waals surface area (Å²) in [6.45, 7) is 1.80. The number of nitriles is 1. The van der Waals surface area contributed by atoms with Gasteiger partial charge in [-0.05, 0) is 36.8 Å². The molecule has 0 aliphatic rings. The van der Waals surface area contributed by atoms with Gasteiger partial charge < -0.3 is 19.6 Å². The fraction of sp³-hybridized carbons (Fsp3) is 0.143. The van der Waals surface area contributed by atoms with Gasteiger partial charge in [-0.15, -0.1) is 0 Å². The highest BCUT2D eigenvalue weighted by Crippen LogP contribution is 2.38. The Hall–Kier alpha value is -3.72. The van der Waals surface area contributed by atoms with Crippen molar-refractivity contribution in [2.45, 2.75) is 6.92 Å². The maximum absolute atomic E-state index is 13.0. The van der Waals surface area contributed by atoms with E-state index in [1.54, 1.807) is 6.92 Å². The molecule has 3 aromatic rings. The van der Waals surface area contributed by atoms with Crippen molar-refractivity contribution < 1.29 is 19.4 Å². The van der Waals surface area contributed by atoms with Gasteiger partial charge in [0.1, 0.15) is 11.6 Å². The number of ketones is 1. The summed E-state index contributed by atoms with van der Waals surface area (Å²) in [7, 11) is 2.82. The molecular weight excluding hydrogens is 344 g/mol. The fourth-order valence-electron chi connectivity index (χ4n) is 3.02. The van der Waals surface area contributed by atoms with E-state index in [1.165, 1.54) is 32.4 Å². The van der Waals surface area contributed by atoms with Crippen molar-refractivity contribution in [1.29, 1.82) is 5.26 Å². The molecule has 0 saturated heterocycles.